The van der Waals surface area contributed by atoms with Crippen LogP contribution < -0.4 is 15.9 Å². The van der Waals surface area contributed by atoms with E-state index >= 15 is 0 Å². The van der Waals surface area contributed by atoms with Gasteiger partial charge in [0.15, 0.2) is 0 Å². The summed E-state index contributed by atoms with van der Waals surface area (Å²) in [4.78, 5) is 3.44. The zero-order valence-corrected chi connectivity index (χ0v) is 16.3. The first-order valence-electron chi connectivity index (χ1n) is 9.47. The molecule has 134 valence electrons. The third-order valence-corrected chi connectivity index (χ3v) is 7.55. The molecule has 5 rings (SSSR count). The van der Waals surface area contributed by atoms with E-state index in [1.54, 1.807) is 0 Å². The Bertz CT molecular complexity index is 1170. The van der Waals surface area contributed by atoms with Crippen molar-refractivity contribution in [3.05, 3.63) is 115 Å². The topological polar surface area (TPSA) is 15.8 Å². The maximum atomic E-state index is 3.44. The largest absolute Gasteiger partial charge is 0.361 e. The minimum absolute atomic E-state index is 0.645. The fraction of sp³-hybridized carbons (Fsp3) is 0. The van der Waals surface area contributed by atoms with Gasteiger partial charge in [-0.3, -0.25) is 0 Å². The van der Waals surface area contributed by atoms with Crippen molar-refractivity contribution in [3.63, 3.8) is 0 Å². The van der Waals surface area contributed by atoms with Crippen molar-refractivity contribution in [2.45, 2.75) is 0 Å². The van der Waals surface area contributed by atoms with E-state index < -0.39 is 7.92 Å². The first kappa shape index (κ1) is 17.0. The summed E-state index contributed by atoms with van der Waals surface area (Å²) >= 11 is 0. The molecule has 0 fully saturated rings. The molecule has 0 atom stereocenters. The van der Waals surface area contributed by atoms with Crippen LogP contribution in [0.25, 0.3) is 22.0 Å². The van der Waals surface area contributed by atoms with E-state index in [-0.39, 0.29) is 0 Å². The van der Waals surface area contributed by atoms with E-state index in [4.69, 9.17) is 0 Å². The number of para-hydroxylation sites is 1. The van der Waals surface area contributed by atoms with Gasteiger partial charge in [0.05, 0.1) is 5.52 Å². The predicted molar refractivity (Wildman–Crippen MR) is 122 cm³/mol. The number of nitrogens with one attached hydrogen (secondary N) is 1. The summed E-state index contributed by atoms with van der Waals surface area (Å²) in [6.07, 6.45) is 2.02. The first-order valence-corrected chi connectivity index (χ1v) is 10.8. The summed E-state index contributed by atoms with van der Waals surface area (Å²) in [5, 5.41) is 5.37. The van der Waals surface area contributed by atoms with E-state index in [9.17, 15) is 0 Å². The Hall–Kier alpha value is -3.15. The molecule has 5 aromatic rings. The standard InChI is InChI=1S/C26H20NP/c1-3-11-21(12-4-1)28(22-13-5-2-6-14-22)25-17-8-7-15-23(25)24-16-9-10-20-18-19-27-26(20)24/h1-19,27H. The molecule has 0 spiro atoms. The minimum atomic E-state index is -0.645. The molecule has 0 saturated carbocycles. The molecule has 1 aromatic heterocycles. The lowest BCUT2D eigenvalue weighted by atomic mass is 10.0. The van der Waals surface area contributed by atoms with Crippen LogP contribution >= 0.6 is 7.92 Å². The summed E-state index contributed by atoms with van der Waals surface area (Å²) in [6, 6.07) is 39.3. The summed E-state index contributed by atoms with van der Waals surface area (Å²) < 4.78 is 0. The number of hydrogen-bond donors (Lipinski definition) is 1. The number of hydrogen-bond acceptors (Lipinski definition) is 0. The number of rotatable bonds is 4. The molecular weight excluding hydrogens is 357 g/mol. The highest BCUT2D eigenvalue weighted by atomic mass is 31.1. The molecule has 0 saturated heterocycles. The molecule has 28 heavy (non-hydrogen) atoms. The molecule has 0 aliphatic heterocycles. The normalized spacial score (nSPS) is 11.2. The molecule has 0 unspecified atom stereocenters. The van der Waals surface area contributed by atoms with Crippen LogP contribution in [0.15, 0.2) is 115 Å². The number of benzene rings is 4. The summed E-state index contributed by atoms with van der Waals surface area (Å²) in [7, 11) is -0.645. The number of H-pyrrole nitrogens is 1. The van der Waals surface area contributed by atoms with Gasteiger partial charge in [0.1, 0.15) is 0 Å². The van der Waals surface area contributed by atoms with E-state index in [2.05, 4.69) is 114 Å². The SMILES string of the molecule is c1ccc(P(c2ccccc2)c2ccccc2-c2cccc3cc[nH]c23)cc1. The third kappa shape index (κ3) is 3.05. The van der Waals surface area contributed by atoms with Gasteiger partial charge in [0, 0.05) is 11.8 Å². The fourth-order valence-corrected chi connectivity index (χ4v) is 6.25. The van der Waals surface area contributed by atoms with Gasteiger partial charge < -0.3 is 4.98 Å². The molecule has 4 aromatic carbocycles. The van der Waals surface area contributed by atoms with Gasteiger partial charge in [-0.15, -0.1) is 0 Å². The first-order chi connectivity index (χ1) is 13.9. The molecule has 1 heterocycles. The highest BCUT2D eigenvalue weighted by Crippen LogP contribution is 2.38. The van der Waals surface area contributed by atoms with Gasteiger partial charge in [-0.05, 0) is 40.9 Å². The Morgan fingerprint density at radius 3 is 1.82 bits per heavy atom. The Morgan fingerprint density at radius 1 is 0.500 bits per heavy atom. The van der Waals surface area contributed by atoms with Gasteiger partial charge in [-0.2, -0.15) is 0 Å². The summed E-state index contributed by atoms with van der Waals surface area (Å²) in [5.41, 5.74) is 3.76. The molecule has 0 amide bonds. The quantitative estimate of drug-likeness (QED) is 0.393. The van der Waals surface area contributed by atoms with Crippen molar-refractivity contribution < 1.29 is 0 Å². The maximum absolute atomic E-state index is 3.44. The van der Waals surface area contributed by atoms with Crippen molar-refractivity contribution in [2.24, 2.45) is 0 Å². The second-order valence-corrected chi connectivity index (χ2v) is 8.96. The molecule has 2 heteroatoms. The van der Waals surface area contributed by atoms with Crippen molar-refractivity contribution in [3.8, 4) is 11.1 Å². The van der Waals surface area contributed by atoms with E-state index in [1.807, 2.05) is 6.20 Å². The Balaban J connectivity index is 1.77. The molecule has 0 radical (unpaired) electrons. The van der Waals surface area contributed by atoms with Crippen LogP contribution in [0.2, 0.25) is 0 Å². The lowest BCUT2D eigenvalue weighted by Gasteiger charge is -2.22. The van der Waals surface area contributed by atoms with Crippen LogP contribution in [0.3, 0.4) is 0 Å². The van der Waals surface area contributed by atoms with E-state index in [0.29, 0.717) is 0 Å². The molecular formula is C26H20NP. The zero-order valence-electron chi connectivity index (χ0n) is 15.4. The zero-order chi connectivity index (χ0) is 18.8. The minimum Gasteiger partial charge on any atom is -0.361 e. The van der Waals surface area contributed by atoms with Gasteiger partial charge in [0.2, 0.25) is 0 Å². The smallest absolute Gasteiger partial charge is 0.0533 e. The van der Waals surface area contributed by atoms with Crippen molar-refractivity contribution in [1.82, 2.24) is 4.98 Å². The predicted octanol–water partition coefficient (Wildman–Crippen LogP) is 5.59. The van der Waals surface area contributed by atoms with Gasteiger partial charge in [-0.25, -0.2) is 0 Å². The van der Waals surface area contributed by atoms with Gasteiger partial charge in [-0.1, -0.05) is 103 Å². The van der Waals surface area contributed by atoms with Gasteiger partial charge in [0.25, 0.3) is 0 Å². The van der Waals surface area contributed by atoms with Crippen LogP contribution in [0.5, 0.6) is 0 Å². The van der Waals surface area contributed by atoms with Crippen molar-refractivity contribution >= 4 is 34.7 Å². The molecule has 1 N–H and O–H groups in total. The van der Waals surface area contributed by atoms with Crippen LogP contribution in [0.1, 0.15) is 0 Å². The van der Waals surface area contributed by atoms with Crippen LogP contribution in [0.4, 0.5) is 0 Å². The molecule has 0 aliphatic rings. The molecule has 1 nitrogen and oxygen atoms in total. The van der Waals surface area contributed by atoms with Crippen LogP contribution in [0, 0.1) is 0 Å². The van der Waals surface area contributed by atoms with Crippen LogP contribution in [-0.4, -0.2) is 4.98 Å². The number of fused-ring (bicyclic) bond motifs is 1. The average Bonchev–Trinajstić information content (AvgIpc) is 3.25. The maximum Gasteiger partial charge on any atom is 0.0533 e. The van der Waals surface area contributed by atoms with Crippen LogP contribution in [-0.2, 0) is 0 Å². The Morgan fingerprint density at radius 2 is 1.11 bits per heavy atom. The monoisotopic (exact) mass is 377 g/mol. The highest BCUT2D eigenvalue weighted by molar-refractivity contribution is 7.80. The second kappa shape index (κ2) is 7.46. The van der Waals surface area contributed by atoms with Gasteiger partial charge >= 0.3 is 0 Å². The summed E-state index contributed by atoms with van der Waals surface area (Å²) in [6.45, 7) is 0. The van der Waals surface area contributed by atoms with Crippen molar-refractivity contribution in [1.29, 1.82) is 0 Å². The Labute approximate surface area is 166 Å². The Kier molecular flexibility index (Phi) is 4.53. The average molecular weight is 377 g/mol. The fourth-order valence-electron chi connectivity index (χ4n) is 3.79. The lowest BCUT2D eigenvalue weighted by Crippen LogP contribution is -2.22. The third-order valence-electron chi connectivity index (χ3n) is 5.05. The number of aromatic amines is 1. The molecule has 0 aliphatic carbocycles. The lowest BCUT2D eigenvalue weighted by molar-refractivity contribution is 1.47. The highest BCUT2D eigenvalue weighted by Gasteiger charge is 2.20. The molecule has 0 bridgehead atoms. The number of aromatic nitrogens is 1. The second-order valence-electron chi connectivity index (χ2n) is 6.77. The van der Waals surface area contributed by atoms with Crippen molar-refractivity contribution in [2.75, 3.05) is 0 Å². The van der Waals surface area contributed by atoms with E-state index in [1.165, 1.54) is 37.9 Å². The summed E-state index contributed by atoms with van der Waals surface area (Å²) in [5.74, 6) is 0. The van der Waals surface area contributed by atoms with E-state index in [0.717, 1.165) is 0 Å².